The third-order valence-electron chi connectivity index (χ3n) is 5.67. The smallest absolute Gasteiger partial charge is 0.410 e. The van der Waals surface area contributed by atoms with Gasteiger partial charge in [-0.3, -0.25) is 4.98 Å². The number of amides is 1. The van der Waals surface area contributed by atoms with E-state index < -0.39 is 15.6 Å². The lowest BCUT2D eigenvalue weighted by Crippen LogP contribution is -2.43. The number of hydrogen-bond acceptors (Lipinski definition) is 5. The average molecular weight is 418 g/mol. The molecular formula is C21H27N3O4S. The van der Waals surface area contributed by atoms with E-state index in [4.69, 9.17) is 4.74 Å². The Kier molecular flexibility index (Phi) is 4.82. The van der Waals surface area contributed by atoms with Crippen LogP contribution in [0, 0.1) is 6.92 Å². The number of sulfonamides is 1. The first-order valence-corrected chi connectivity index (χ1v) is 11.4. The van der Waals surface area contributed by atoms with E-state index in [0.717, 1.165) is 10.9 Å². The fourth-order valence-electron chi connectivity index (χ4n) is 4.51. The number of fused-ring (bicyclic) bond motifs is 2. The molecule has 4 rings (SSSR count). The number of likely N-dealkylation sites (tertiary alicyclic amines) is 1. The number of aryl methyl sites for hydroxylation is 1. The van der Waals surface area contributed by atoms with Crippen LogP contribution in [-0.4, -0.2) is 59.5 Å². The molecule has 3 heterocycles. The number of pyridine rings is 1. The van der Waals surface area contributed by atoms with Crippen molar-refractivity contribution in [3.8, 4) is 0 Å². The normalized spacial score (nSPS) is 22.8. The Labute approximate surface area is 171 Å². The molecule has 1 aromatic carbocycles. The van der Waals surface area contributed by atoms with Gasteiger partial charge in [0.05, 0.1) is 10.9 Å². The Morgan fingerprint density at radius 3 is 2.59 bits per heavy atom. The highest BCUT2D eigenvalue weighted by atomic mass is 32.2. The van der Waals surface area contributed by atoms with E-state index in [2.05, 4.69) is 4.98 Å². The van der Waals surface area contributed by atoms with Crippen LogP contribution in [-0.2, 0) is 14.8 Å². The topological polar surface area (TPSA) is 79.8 Å². The second-order valence-electron chi connectivity index (χ2n) is 8.81. The monoisotopic (exact) mass is 417 g/mol. The summed E-state index contributed by atoms with van der Waals surface area (Å²) in [6, 6.07) is 4.94. The summed E-state index contributed by atoms with van der Waals surface area (Å²) in [5.74, 6) is 0. The molecule has 2 aromatic rings. The standard InChI is InChI=1S/C21H27N3O4S/c1-14-12-22-13-15-6-5-7-18(19(14)15)29(26,27)24-11-9-16-17(24)8-10-23(16)20(25)28-21(2,3)4/h5-7,12-13,16-17H,8-11H2,1-4H3/t16-,17-/m0/s1. The van der Waals surface area contributed by atoms with Crippen molar-refractivity contribution in [3.63, 3.8) is 0 Å². The van der Waals surface area contributed by atoms with Gasteiger partial charge in [-0.05, 0) is 52.2 Å². The van der Waals surface area contributed by atoms with Crippen LogP contribution in [0.25, 0.3) is 10.8 Å². The van der Waals surface area contributed by atoms with Crippen molar-refractivity contribution in [1.82, 2.24) is 14.2 Å². The third kappa shape index (κ3) is 3.48. The molecule has 0 bridgehead atoms. The van der Waals surface area contributed by atoms with Crippen LogP contribution in [0.5, 0.6) is 0 Å². The molecular weight excluding hydrogens is 390 g/mol. The Balaban J connectivity index is 1.65. The van der Waals surface area contributed by atoms with Gasteiger partial charge in [0.1, 0.15) is 5.60 Å². The lowest BCUT2D eigenvalue weighted by Gasteiger charge is -2.28. The van der Waals surface area contributed by atoms with Gasteiger partial charge in [0.2, 0.25) is 10.0 Å². The van der Waals surface area contributed by atoms with Gasteiger partial charge in [0.25, 0.3) is 0 Å². The fraction of sp³-hybridized carbons (Fsp3) is 0.524. The average Bonchev–Trinajstić information content (AvgIpc) is 3.21. The Hall–Kier alpha value is -2.19. The first-order valence-electron chi connectivity index (χ1n) is 9.94. The highest BCUT2D eigenvalue weighted by Crippen LogP contribution is 2.38. The summed E-state index contributed by atoms with van der Waals surface area (Å²) < 4.78 is 34.3. The number of rotatable bonds is 2. The number of hydrogen-bond donors (Lipinski definition) is 0. The van der Waals surface area contributed by atoms with Crippen molar-refractivity contribution < 1.29 is 17.9 Å². The molecule has 0 radical (unpaired) electrons. The molecule has 2 aliphatic rings. The highest BCUT2D eigenvalue weighted by Gasteiger charge is 2.50. The number of carbonyl (C=O) groups excluding carboxylic acids is 1. The first-order chi connectivity index (χ1) is 13.6. The van der Waals surface area contributed by atoms with Gasteiger partial charge in [-0.1, -0.05) is 12.1 Å². The molecule has 8 heteroatoms. The zero-order valence-electron chi connectivity index (χ0n) is 17.3. The number of aromatic nitrogens is 1. The van der Waals surface area contributed by atoms with Crippen molar-refractivity contribution in [2.45, 2.75) is 63.1 Å². The van der Waals surface area contributed by atoms with E-state index in [-0.39, 0.29) is 18.2 Å². The van der Waals surface area contributed by atoms with Crippen molar-refractivity contribution in [2.75, 3.05) is 13.1 Å². The quantitative estimate of drug-likeness (QED) is 0.749. The molecule has 7 nitrogen and oxygen atoms in total. The lowest BCUT2D eigenvalue weighted by atomic mass is 10.1. The van der Waals surface area contributed by atoms with Gasteiger partial charge in [-0.2, -0.15) is 4.31 Å². The predicted octanol–water partition coefficient (Wildman–Crippen LogP) is 3.32. The molecule has 0 saturated carbocycles. The number of nitrogens with zero attached hydrogens (tertiary/aromatic N) is 3. The molecule has 2 fully saturated rings. The van der Waals surface area contributed by atoms with Crippen LogP contribution in [0.3, 0.4) is 0 Å². The summed E-state index contributed by atoms with van der Waals surface area (Å²) in [6.07, 6.45) is 4.25. The third-order valence-corrected chi connectivity index (χ3v) is 7.64. The molecule has 0 N–H and O–H groups in total. The SMILES string of the molecule is Cc1cncc2cccc(S(=O)(=O)N3CC[C@H]4[C@@H]3CCN4C(=O)OC(C)(C)C)c12. The minimum atomic E-state index is -3.70. The van der Waals surface area contributed by atoms with E-state index >= 15 is 0 Å². The number of carbonyl (C=O) groups is 1. The van der Waals surface area contributed by atoms with Crippen LogP contribution in [0.2, 0.25) is 0 Å². The molecule has 2 atom stereocenters. The second kappa shape index (κ2) is 6.95. The Bertz CT molecular complexity index is 1060. The van der Waals surface area contributed by atoms with E-state index in [1.54, 1.807) is 33.7 Å². The van der Waals surface area contributed by atoms with Crippen LogP contribution in [0.15, 0.2) is 35.5 Å². The van der Waals surface area contributed by atoms with Gasteiger partial charge < -0.3 is 9.64 Å². The van der Waals surface area contributed by atoms with Crippen LogP contribution in [0.1, 0.15) is 39.2 Å². The van der Waals surface area contributed by atoms with Crippen molar-refractivity contribution in [2.24, 2.45) is 0 Å². The van der Waals surface area contributed by atoms with E-state index in [9.17, 15) is 13.2 Å². The molecule has 29 heavy (non-hydrogen) atoms. The zero-order chi connectivity index (χ0) is 21.0. The summed E-state index contributed by atoms with van der Waals surface area (Å²) in [4.78, 5) is 18.8. The summed E-state index contributed by atoms with van der Waals surface area (Å²) in [6.45, 7) is 8.29. The molecule has 156 valence electrons. The molecule has 0 aliphatic carbocycles. The van der Waals surface area contributed by atoms with Crippen LogP contribution < -0.4 is 0 Å². The maximum atomic E-state index is 13.6. The molecule has 1 aromatic heterocycles. The Morgan fingerprint density at radius 1 is 1.14 bits per heavy atom. The predicted molar refractivity (Wildman–Crippen MR) is 110 cm³/mol. The van der Waals surface area contributed by atoms with E-state index in [1.165, 1.54) is 0 Å². The number of benzene rings is 1. The lowest BCUT2D eigenvalue weighted by molar-refractivity contribution is 0.0225. The van der Waals surface area contributed by atoms with Crippen molar-refractivity contribution in [1.29, 1.82) is 0 Å². The van der Waals surface area contributed by atoms with Gasteiger partial charge in [-0.15, -0.1) is 0 Å². The van der Waals surface area contributed by atoms with Gasteiger partial charge in [0, 0.05) is 42.3 Å². The largest absolute Gasteiger partial charge is 0.444 e. The zero-order valence-corrected chi connectivity index (χ0v) is 18.1. The van der Waals surface area contributed by atoms with Crippen molar-refractivity contribution in [3.05, 3.63) is 36.2 Å². The summed E-state index contributed by atoms with van der Waals surface area (Å²) in [5.41, 5.74) is 0.257. The maximum absolute atomic E-state index is 13.6. The maximum Gasteiger partial charge on any atom is 0.410 e. The van der Waals surface area contributed by atoms with Crippen LogP contribution >= 0.6 is 0 Å². The van der Waals surface area contributed by atoms with Gasteiger partial charge in [0.15, 0.2) is 0 Å². The number of ether oxygens (including phenoxy) is 1. The molecule has 0 unspecified atom stereocenters. The minimum Gasteiger partial charge on any atom is -0.444 e. The van der Waals surface area contributed by atoms with E-state index in [0.29, 0.717) is 36.2 Å². The summed E-state index contributed by atoms with van der Waals surface area (Å²) in [5, 5.41) is 1.52. The fourth-order valence-corrected chi connectivity index (χ4v) is 6.49. The van der Waals surface area contributed by atoms with Gasteiger partial charge >= 0.3 is 6.09 Å². The van der Waals surface area contributed by atoms with Crippen molar-refractivity contribution >= 4 is 26.9 Å². The van der Waals surface area contributed by atoms with E-state index in [1.807, 2.05) is 33.8 Å². The minimum absolute atomic E-state index is 0.141. The Morgan fingerprint density at radius 2 is 1.86 bits per heavy atom. The van der Waals surface area contributed by atoms with Crippen LogP contribution in [0.4, 0.5) is 4.79 Å². The molecule has 0 spiro atoms. The molecule has 2 saturated heterocycles. The molecule has 2 aliphatic heterocycles. The summed E-state index contributed by atoms with van der Waals surface area (Å²) in [7, 11) is -3.70. The van der Waals surface area contributed by atoms with Gasteiger partial charge in [-0.25, -0.2) is 13.2 Å². The molecule has 1 amide bonds. The highest BCUT2D eigenvalue weighted by molar-refractivity contribution is 7.89. The second-order valence-corrected chi connectivity index (χ2v) is 10.7. The summed E-state index contributed by atoms with van der Waals surface area (Å²) >= 11 is 0. The first kappa shape index (κ1) is 20.1.